The van der Waals surface area contributed by atoms with Crippen molar-refractivity contribution >= 4 is 23.7 Å². The normalized spacial score (nSPS) is 33.2. The number of carbonyl (C=O) groups is 4. The maximum atomic E-state index is 17.6. The van der Waals surface area contributed by atoms with Crippen molar-refractivity contribution in [1.82, 2.24) is 0 Å². The van der Waals surface area contributed by atoms with Gasteiger partial charge in [-0.3, -0.25) is 9.59 Å². The fraction of sp³-hybridized carbons (Fsp3) is 0.432. The molecular formula is C37H36FNO9. The van der Waals surface area contributed by atoms with Gasteiger partial charge in [0.25, 0.3) is 0 Å². The molecule has 0 heterocycles. The number of nitrogens with zero attached hydrogens (tertiary/aromatic N) is 1. The van der Waals surface area contributed by atoms with Crippen LogP contribution in [0.2, 0.25) is 0 Å². The topological polar surface area (TPSA) is 149 Å². The molecule has 0 amide bonds. The summed E-state index contributed by atoms with van der Waals surface area (Å²) in [6.07, 6.45) is 3.68. The van der Waals surface area contributed by atoms with E-state index in [1.165, 1.54) is 31.2 Å². The molecule has 2 aromatic rings. The Balaban J connectivity index is 1.27. The smallest absolute Gasteiger partial charge is 0.352 e. The fourth-order valence-corrected chi connectivity index (χ4v) is 8.71. The van der Waals surface area contributed by atoms with Crippen LogP contribution in [0, 0.1) is 34.0 Å². The number of benzene rings is 2. The van der Waals surface area contributed by atoms with E-state index in [0.29, 0.717) is 42.1 Å². The lowest BCUT2D eigenvalue weighted by molar-refractivity contribution is -0.224. The number of nitriles is 1. The Bertz CT molecular complexity index is 1760. The van der Waals surface area contributed by atoms with E-state index < -0.39 is 64.6 Å². The number of fused-ring (bicyclic) bond motifs is 5. The number of hydrogen-bond donors (Lipinski definition) is 1. The molecular weight excluding hydrogens is 621 g/mol. The highest BCUT2D eigenvalue weighted by atomic mass is 19.1. The van der Waals surface area contributed by atoms with Crippen LogP contribution < -0.4 is 9.47 Å². The van der Waals surface area contributed by atoms with E-state index in [4.69, 9.17) is 18.9 Å². The molecule has 0 aliphatic heterocycles. The van der Waals surface area contributed by atoms with E-state index in [1.54, 1.807) is 62.4 Å². The maximum absolute atomic E-state index is 17.6. The van der Waals surface area contributed by atoms with Crippen LogP contribution >= 0.6 is 0 Å². The molecule has 3 fully saturated rings. The highest BCUT2D eigenvalue weighted by molar-refractivity contribution is 6.01. The summed E-state index contributed by atoms with van der Waals surface area (Å²) in [5.74, 6) is -2.39. The average Bonchev–Trinajstić information content (AvgIpc) is 3.33. The van der Waals surface area contributed by atoms with E-state index in [9.17, 15) is 29.5 Å². The van der Waals surface area contributed by atoms with Crippen LogP contribution in [-0.4, -0.2) is 52.8 Å². The van der Waals surface area contributed by atoms with Gasteiger partial charge in [0.15, 0.2) is 18.1 Å². The Labute approximate surface area is 277 Å². The standard InChI is InChI=1S/C37H36FNO9/c1-22(40)46-26-9-11-28(12-10-26)47-27-7-4-23(5-8-27)32(43)48-36(33(44)45-19-18-39)17-15-29-30-13-6-24-20-25(41)14-16-34(24,2)37(30,38)31(42)21-35(29,36)3/h4-5,7-12,14,16,20,29-31,42H,6,13,15,17,19,21H2,1-3H3. The molecule has 2 aromatic carbocycles. The first-order chi connectivity index (χ1) is 22.8. The largest absolute Gasteiger partial charge is 0.457 e. The Kier molecular flexibility index (Phi) is 8.28. The first-order valence-corrected chi connectivity index (χ1v) is 15.9. The highest BCUT2D eigenvalue weighted by Crippen LogP contribution is 2.70. The summed E-state index contributed by atoms with van der Waals surface area (Å²) < 4.78 is 39.8. The molecule has 0 spiro atoms. The third-order valence-corrected chi connectivity index (χ3v) is 11.0. The monoisotopic (exact) mass is 657 g/mol. The summed E-state index contributed by atoms with van der Waals surface area (Å²) in [6, 6.07) is 14.2. The fourth-order valence-electron chi connectivity index (χ4n) is 8.71. The van der Waals surface area contributed by atoms with Gasteiger partial charge in [0.05, 0.1) is 11.7 Å². The molecule has 0 aromatic heterocycles. The van der Waals surface area contributed by atoms with Crippen molar-refractivity contribution in [2.75, 3.05) is 6.61 Å². The van der Waals surface area contributed by atoms with E-state index >= 15 is 4.39 Å². The molecule has 7 atom stereocenters. The molecule has 10 nitrogen and oxygen atoms in total. The number of halogens is 1. The zero-order chi connectivity index (χ0) is 34.5. The summed E-state index contributed by atoms with van der Waals surface area (Å²) in [4.78, 5) is 50.9. The molecule has 0 saturated heterocycles. The number of alkyl halides is 1. The second-order valence-electron chi connectivity index (χ2n) is 13.4. The third-order valence-electron chi connectivity index (χ3n) is 11.0. The van der Waals surface area contributed by atoms with Gasteiger partial charge in [-0.2, -0.15) is 5.26 Å². The van der Waals surface area contributed by atoms with Crippen molar-refractivity contribution in [3.05, 3.63) is 77.9 Å². The van der Waals surface area contributed by atoms with Gasteiger partial charge in [-0.25, -0.2) is 14.0 Å². The van der Waals surface area contributed by atoms with Gasteiger partial charge in [0.1, 0.15) is 23.3 Å². The number of carbonyl (C=O) groups excluding carboxylic acids is 4. The predicted molar refractivity (Wildman–Crippen MR) is 167 cm³/mol. The number of aliphatic hydroxyl groups is 1. The van der Waals surface area contributed by atoms with Crippen LogP contribution in [0.4, 0.5) is 4.39 Å². The molecule has 4 aliphatic carbocycles. The quantitative estimate of drug-likeness (QED) is 0.289. The van der Waals surface area contributed by atoms with E-state index in [-0.39, 0.29) is 24.2 Å². The van der Waals surface area contributed by atoms with Crippen molar-refractivity contribution in [3.8, 4) is 23.3 Å². The van der Waals surface area contributed by atoms with Crippen molar-refractivity contribution in [1.29, 1.82) is 5.26 Å². The van der Waals surface area contributed by atoms with E-state index in [1.807, 2.05) is 0 Å². The van der Waals surface area contributed by atoms with Crippen molar-refractivity contribution in [2.24, 2.45) is 22.7 Å². The van der Waals surface area contributed by atoms with Gasteiger partial charge in [0.2, 0.25) is 5.60 Å². The van der Waals surface area contributed by atoms with Crippen molar-refractivity contribution in [3.63, 3.8) is 0 Å². The Morgan fingerprint density at radius 3 is 2.29 bits per heavy atom. The first-order valence-electron chi connectivity index (χ1n) is 15.9. The van der Waals surface area contributed by atoms with Gasteiger partial charge < -0.3 is 24.1 Å². The number of ketones is 1. The Morgan fingerprint density at radius 1 is 1.00 bits per heavy atom. The van der Waals surface area contributed by atoms with Crippen molar-refractivity contribution in [2.45, 2.75) is 70.2 Å². The molecule has 250 valence electrons. The van der Waals surface area contributed by atoms with Crippen LogP contribution in [0.5, 0.6) is 17.2 Å². The summed E-state index contributed by atoms with van der Waals surface area (Å²) >= 11 is 0. The first kappa shape index (κ1) is 33.1. The lowest BCUT2D eigenvalue weighted by Crippen LogP contribution is -2.69. The van der Waals surface area contributed by atoms with Gasteiger partial charge in [-0.15, -0.1) is 0 Å². The van der Waals surface area contributed by atoms with Gasteiger partial charge in [0, 0.05) is 23.7 Å². The minimum Gasteiger partial charge on any atom is -0.457 e. The van der Waals surface area contributed by atoms with E-state index in [2.05, 4.69) is 0 Å². The molecule has 0 radical (unpaired) electrons. The number of rotatable bonds is 7. The lowest BCUT2D eigenvalue weighted by atomic mass is 9.45. The van der Waals surface area contributed by atoms with Crippen LogP contribution in [0.25, 0.3) is 0 Å². The molecule has 0 bridgehead atoms. The van der Waals surface area contributed by atoms with Crippen LogP contribution in [0.1, 0.15) is 63.2 Å². The molecule has 11 heteroatoms. The number of aliphatic hydroxyl groups excluding tert-OH is 1. The minimum atomic E-state index is -2.13. The molecule has 6 rings (SSSR count). The second kappa shape index (κ2) is 12.0. The molecule has 3 saturated carbocycles. The van der Waals surface area contributed by atoms with Crippen molar-refractivity contribution < 1.29 is 47.6 Å². The van der Waals surface area contributed by atoms with Crippen LogP contribution in [-0.2, 0) is 23.9 Å². The summed E-state index contributed by atoms with van der Waals surface area (Å²) in [5, 5.41) is 20.9. The van der Waals surface area contributed by atoms with Crippen LogP contribution in [0.15, 0.2) is 72.3 Å². The predicted octanol–water partition coefficient (Wildman–Crippen LogP) is 5.74. The number of ether oxygens (including phenoxy) is 4. The number of allylic oxidation sites excluding steroid dienone is 4. The van der Waals surface area contributed by atoms with Gasteiger partial charge in [-0.05, 0) is 106 Å². The molecule has 1 N–H and O–H groups in total. The maximum Gasteiger partial charge on any atom is 0.352 e. The van der Waals surface area contributed by atoms with Gasteiger partial charge in [-0.1, -0.05) is 18.6 Å². The number of esters is 3. The third kappa shape index (κ3) is 5.10. The Morgan fingerprint density at radius 2 is 1.65 bits per heavy atom. The SMILES string of the molecule is CC(=O)Oc1ccc(Oc2ccc(C(=O)OC3(C(=O)OCC#N)CCC4C5CCC6=CC(=O)C=CC6(C)C5(F)C(O)CC43C)cc2)cc1. The van der Waals surface area contributed by atoms with E-state index in [0.717, 1.165) is 0 Å². The Hall–Kier alpha value is -4.82. The lowest BCUT2D eigenvalue weighted by Gasteiger charge is -2.62. The minimum absolute atomic E-state index is 0.0156. The summed E-state index contributed by atoms with van der Waals surface area (Å²) in [7, 11) is 0. The molecule has 48 heavy (non-hydrogen) atoms. The van der Waals surface area contributed by atoms with Crippen LogP contribution in [0.3, 0.4) is 0 Å². The summed E-state index contributed by atoms with van der Waals surface area (Å²) in [5.41, 5.74) is -5.75. The highest BCUT2D eigenvalue weighted by Gasteiger charge is 2.76. The molecule has 4 aliphatic rings. The average molecular weight is 658 g/mol. The zero-order valence-corrected chi connectivity index (χ0v) is 26.9. The number of hydrogen-bond acceptors (Lipinski definition) is 10. The zero-order valence-electron chi connectivity index (χ0n) is 26.9. The second-order valence-corrected chi connectivity index (χ2v) is 13.4. The molecule has 7 unspecified atom stereocenters. The van der Waals surface area contributed by atoms with Gasteiger partial charge >= 0.3 is 17.9 Å². The summed E-state index contributed by atoms with van der Waals surface area (Å²) in [6.45, 7) is 4.16.